The van der Waals surface area contributed by atoms with Crippen molar-refractivity contribution in [2.45, 2.75) is 38.4 Å². The number of nitrogens with two attached hydrogens (primary N) is 2. The summed E-state index contributed by atoms with van der Waals surface area (Å²) in [5, 5.41) is 2.97. The third kappa shape index (κ3) is 4.06. The molecule has 16 heavy (non-hydrogen) atoms. The summed E-state index contributed by atoms with van der Waals surface area (Å²) in [4.78, 5) is 15.0. The van der Waals surface area contributed by atoms with Gasteiger partial charge in [-0.05, 0) is 19.3 Å². The quantitative estimate of drug-likeness (QED) is 0.429. The van der Waals surface area contributed by atoms with E-state index in [-0.39, 0.29) is 6.10 Å². The van der Waals surface area contributed by atoms with Crippen molar-refractivity contribution in [2.75, 3.05) is 13.1 Å². The van der Waals surface area contributed by atoms with Gasteiger partial charge in [0.05, 0.1) is 12.6 Å². The summed E-state index contributed by atoms with van der Waals surface area (Å²) >= 11 is 0. The molecule has 0 aromatic heterocycles. The maximum atomic E-state index is 10.9. The third-order valence-corrected chi connectivity index (χ3v) is 2.45. The Balaban J connectivity index is 2.26. The molecular weight excluding hydrogens is 208 g/mol. The molecule has 0 aromatic carbocycles. The van der Waals surface area contributed by atoms with Gasteiger partial charge < -0.3 is 21.5 Å². The molecule has 0 aromatic rings. The minimum absolute atomic E-state index is 0.0422. The average Bonchev–Trinajstić information content (AvgIpc) is 2.72. The summed E-state index contributed by atoms with van der Waals surface area (Å²) in [5.41, 5.74) is 10.8. The van der Waals surface area contributed by atoms with Gasteiger partial charge in [-0.1, -0.05) is 6.92 Å². The summed E-state index contributed by atoms with van der Waals surface area (Å²) in [6.07, 6.45) is 1.99. The van der Waals surface area contributed by atoms with E-state index in [9.17, 15) is 4.79 Å². The minimum atomic E-state index is -0.454. The molecule has 1 heterocycles. The molecule has 0 spiro atoms. The first-order valence-corrected chi connectivity index (χ1v) is 5.62. The number of carbonyl (C=O) groups excluding carboxylic acids is 1. The molecule has 1 amide bonds. The lowest BCUT2D eigenvalue weighted by Gasteiger charge is -2.09. The van der Waals surface area contributed by atoms with Gasteiger partial charge in [-0.3, -0.25) is 9.79 Å². The molecule has 1 fully saturated rings. The molecule has 6 nitrogen and oxygen atoms in total. The highest BCUT2D eigenvalue weighted by atomic mass is 16.5. The van der Waals surface area contributed by atoms with Gasteiger partial charge >= 0.3 is 0 Å². The van der Waals surface area contributed by atoms with Crippen LogP contribution >= 0.6 is 0 Å². The Labute approximate surface area is 95.4 Å². The lowest BCUT2D eigenvalue weighted by molar-refractivity contribution is -0.128. The first-order valence-electron chi connectivity index (χ1n) is 5.62. The van der Waals surface area contributed by atoms with E-state index in [0.717, 1.165) is 19.4 Å². The Morgan fingerprint density at radius 3 is 2.81 bits per heavy atom. The number of ether oxygens (including phenoxy) is 1. The molecule has 1 aliphatic heterocycles. The number of aliphatic imine (C=N–C) groups is 1. The Morgan fingerprint density at radius 1 is 1.50 bits per heavy atom. The van der Waals surface area contributed by atoms with Crippen LogP contribution in [0.15, 0.2) is 4.99 Å². The number of nitrogens with zero attached hydrogens (tertiary/aromatic N) is 1. The van der Waals surface area contributed by atoms with Crippen molar-refractivity contribution in [3.8, 4) is 0 Å². The third-order valence-electron chi connectivity index (χ3n) is 2.45. The molecule has 92 valence electrons. The fourth-order valence-electron chi connectivity index (χ4n) is 1.56. The highest BCUT2D eigenvalue weighted by Gasteiger charge is 2.28. The molecule has 2 unspecified atom stereocenters. The van der Waals surface area contributed by atoms with Crippen LogP contribution in [0.3, 0.4) is 0 Å². The molecular formula is C10H20N4O2. The first kappa shape index (κ1) is 12.8. The van der Waals surface area contributed by atoms with E-state index in [2.05, 4.69) is 17.2 Å². The van der Waals surface area contributed by atoms with Gasteiger partial charge in [0.2, 0.25) is 5.91 Å². The number of hydrogen-bond donors (Lipinski definition) is 3. The van der Waals surface area contributed by atoms with Gasteiger partial charge in [-0.25, -0.2) is 0 Å². The Kier molecular flexibility index (Phi) is 5.04. The van der Waals surface area contributed by atoms with Crippen LogP contribution in [0.4, 0.5) is 0 Å². The summed E-state index contributed by atoms with van der Waals surface area (Å²) in [6.45, 7) is 3.34. The second-order valence-electron chi connectivity index (χ2n) is 3.88. The van der Waals surface area contributed by atoms with Crippen LogP contribution in [-0.4, -0.2) is 37.2 Å². The van der Waals surface area contributed by atoms with Crippen molar-refractivity contribution in [3.63, 3.8) is 0 Å². The number of rotatable bonds is 5. The molecule has 6 heteroatoms. The van der Waals surface area contributed by atoms with Gasteiger partial charge in [-0.15, -0.1) is 0 Å². The predicted molar refractivity (Wildman–Crippen MR) is 61.9 cm³/mol. The zero-order valence-electron chi connectivity index (χ0n) is 9.61. The molecule has 0 saturated carbocycles. The molecule has 2 atom stereocenters. The molecule has 0 aliphatic carbocycles. The van der Waals surface area contributed by atoms with Crippen LogP contribution in [0.2, 0.25) is 0 Å². The molecule has 0 bridgehead atoms. The van der Waals surface area contributed by atoms with E-state index < -0.39 is 12.0 Å². The summed E-state index contributed by atoms with van der Waals surface area (Å²) in [7, 11) is 0. The Hall–Kier alpha value is -1.30. The Morgan fingerprint density at radius 2 is 2.25 bits per heavy atom. The van der Waals surface area contributed by atoms with Crippen molar-refractivity contribution < 1.29 is 9.53 Å². The van der Waals surface area contributed by atoms with E-state index in [1.165, 1.54) is 0 Å². The van der Waals surface area contributed by atoms with Crippen molar-refractivity contribution >= 4 is 11.9 Å². The normalized spacial score (nSPS) is 25.7. The van der Waals surface area contributed by atoms with Gasteiger partial charge in [0.25, 0.3) is 0 Å². The van der Waals surface area contributed by atoms with E-state index in [4.69, 9.17) is 16.2 Å². The van der Waals surface area contributed by atoms with Crippen LogP contribution in [0.5, 0.6) is 0 Å². The zero-order chi connectivity index (χ0) is 12.0. The van der Waals surface area contributed by atoms with Crippen LogP contribution in [-0.2, 0) is 9.53 Å². The number of guanidine groups is 1. The SMILES string of the molecule is CCCNC(N)=NCC1CCC(C(N)=O)O1. The Bertz CT molecular complexity index is 268. The second kappa shape index (κ2) is 6.32. The minimum Gasteiger partial charge on any atom is -0.370 e. The number of carbonyl (C=O) groups is 1. The maximum Gasteiger partial charge on any atom is 0.246 e. The van der Waals surface area contributed by atoms with Crippen molar-refractivity contribution in [2.24, 2.45) is 16.5 Å². The van der Waals surface area contributed by atoms with Crippen molar-refractivity contribution in [3.05, 3.63) is 0 Å². The lowest BCUT2D eigenvalue weighted by atomic mass is 10.2. The largest absolute Gasteiger partial charge is 0.370 e. The maximum absolute atomic E-state index is 10.9. The van der Waals surface area contributed by atoms with E-state index in [0.29, 0.717) is 18.9 Å². The topological polar surface area (TPSA) is 103 Å². The van der Waals surface area contributed by atoms with Crippen LogP contribution in [0.25, 0.3) is 0 Å². The van der Waals surface area contributed by atoms with Gasteiger partial charge in [0, 0.05) is 6.54 Å². The second-order valence-corrected chi connectivity index (χ2v) is 3.88. The van der Waals surface area contributed by atoms with Gasteiger partial charge in [0.1, 0.15) is 6.10 Å². The van der Waals surface area contributed by atoms with Gasteiger partial charge in [0.15, 0.2) is 5.96 Å². The fraction of sp³-hybridized carbons (Fsp3) is 0.800. The number of amides is 1. The van der Waals surface area contributed by atoms with Crippen LogP contribution in [0.1, 0.15) is 26.2 Å². The highest BCUT2D eigenvalue weighted by Crippen LogP contribution is 2.19. The summed E-state index contributed by atoms with van der Waals surface area (Å²) in [6, 6.07) is 0. The van der Waals surface area contributed by atoms with E-state index >= 15 is 0 Å². The van der Waals surface area contributed by atoms with Crippen LogP contribution < -0.4 is 16.8 Å². The van der Waals surface area contributed by atoms with E-state index in [1.54, 1.807) is 0 Å². The molecule has 0 radical (unpaired) electrons. The predicted octanol–water partition coefficient (Wildman–Crippen LogP) is -0.666. The van der Waals surface area contributed by atoms with Crippen molar-refractivity contribution in [1.82, 2.24) is 5.32 Å². The molecule has 1 aliphatic rings. The zero-order valence-corrected chi connectivity index (χ0v) is 9.61. The van der Waals surface area contributed by atoms with Crippen LogP contribution in [0, 0.1) is 0 Å². The van der Waals surface area contributed by atoms with Crippen molar-refractivity contribution in [1.29, 1.82) is 0 Å². The number of nitrogens with one attached hydrogen (secondary N) is 1. The van der Waals surface area contributed by atoms with E-state index in [1.807, 2.05) is 0 Å². The molecule has 5 N–H and O–H groups in total. The fourth-order valence-corrected chi connectivity index (χ4v) is 1.56. The first-order chi connectivity index (χ1) is 7.63. The number of hydrogen-bond acceptors (Lipinski definition) is 3. The smallest absolute Gasteiger partial charge is 0.246 e. The van der Waals surface area contributed by atoms with Gasteiger partial charge in [-0.2, -0.15) is 0 Å². The lowest BCUT2D eigenvalue weighted by Crippen LogP contribution is -2.33. The monoisotopic (exact) mass is 228 g/mol. The highest BCUT2D eigenvalue weighted by molar-refractivity contribution is 5.79. The standard InChI is InChI=1S/C10H20N4O2/c1-2-5-13-10(12)14-6-7-3-4-8(16-7)9(11)15/h7-8H,2-6H2,1H3,(H2,11,15)(H3,12,13,14). The average molecular weight is 228 g/mol. The number of primary amides is 1. The summed E-state index contributed by atoms with van der Waals surface area (Å²) in [5.74, 6) is 0.0246. The summed E-state index contributed by atoms with van der Waals surface area (Å²) < 4.78 is 5.41. The molecule has 1 rings (SSSR count). The molecule has 1 saturated heterocycles.